The summed E-state index contributed by atoms with van der Waals surface area (Å²) in [5, 5.41) is 0.797. The Balaban J connectivity index is 2.75. The van der Waals surface area contributed by atoms with E-state index in [2.05, 4.69) is 20.9 Å². The van der Waals surface area contributed by atoms with Gasteiger partial charge in [0, 0.05) is 14.7 Å². The molecule has 6 heteroatoms. The van der Waals surface area contributed by atoms with Crippen LogP contribution in [0.2, 0.25) is 0 Å². The number of aryl methyl sites for hydroxylation is 2. The first-order chi connectivity index (χ1) is 8.47. The zero-order valence-electron chi connectivity index (χ0n) is 10.3. The smallest absolute Gasteiger partial charge is 0.342 e. The van der Waals surface area contributed by atoms with Gasteiger partial charge < -0.3 is 10.5 Å². The lowest BCUT2D eigenvalue weighted by atomic mass is 10.1. The Labute approximate surface area is 117 Å². The molecule has 0 atom stereocenters. The van der Waals surface area contributed by atoms with E-state index in [9.17, 15) is 4.79 Å². The fourth-order valence-electron chi connectivity index (χ4n) is 1.81. The zero-order chi connectivity index (χ0) is 13.4. The number of rotatable bonds is 2. The number of carbonyl (C=O) groups excluding carboxylic acids is 1. The molecule has 2 aromatic rings. The second-order valence-corrected chi connectivity index (χ2v) is 5.85. The molecule has 0 bridgehead atoms. The summed E-state index contributed by atoms with van der Waals surface area (Å²) < 4.78 is 5.92. The van der Waals surface area contributed by atoms with Crippen LogP contribution in [-0.2, 0) is 4.74 Å². The summed E-state index contributed by atoms with van der Waals surface area (Å²) in [7, 11) is 0. The van der Waals surface area contributed by atoms with Crippen LogP contribution in [0, 0.1) is 13.8 Å². The molecule has 0 aliphatic heterocycles. The van der Waals surface area contributed by atoms with Crippen molar-refractivity contribution in [3.63, 3.8) is 0 Å². The number of esters is 1. The Morgan fingerprint density at radius 1 is 1.50 bits per heavy atom. The van der Waals surface area contributed by atoms with Crippen molar-refractivity contribution in [1.29, 1.82) is 0 Å². The van der Waals surface area contributed by atoms with Crippen LogP contribution < -0.4 is 5.73 Å². The van der Waals surface area contributed by atoms with E-state index < -0.39 is 5.97 Å². The van der Waals surface area contributed by atoms with Crippen molar-refractivity contribution in [3.05, 3.63) is 20.6 Å². The minimum Gasteiger partial charge on any atom is -0.462 e. The van der Waals surface area contributed by atoms with Crippen LogP contribution in [0.25, 0.3) is 10.2 Å². The molecule has 4 nitrogen and oxygen atoms in total. The van der Waals surface area contributed by atoms with Crippen molar-refractivity contribution in [2.24, 2.45) is 0 Å². The first-order valence-corrected chi connectivity index (χ1v) is 7.10. The maximum atomic E-state index is 11.9. The van der Waals surface area contributed by atoms with Gasteiger partial charge in [0.1, 0.15) is 10.4 Å². The molecule has 0 aromatic carbocycles. The van der Waals surface area contributed by atoms with Gasteiger partial charge in [0.15, 0.2) is 0 Å². The number of pyridine rings is 1. The summed E-state index contributed by atoms with van der Waals surface area (Å²) in [4.78, 5) is 18.2. The molecule has 0 fully saturated rings. The van der Waals surface area contributed by atoms with Gasteiger partial charge in [-0.25, -0.2) is 9.78 Å². The van der Waals surface area contributed by atoms with Gasteiger partial charge in [-0.3, -0.25) is 0 Å². The fraction of sp³-hybridized carbons (Fsp3) is 0.333. The number of nitrogen functional groups attached to an aromatic ring is 1. The summed E-state index contributed by atoms with van der Waals surface area (Å²) in [5.74, 6) is -0.419. The number of nitrogens with zero attached hydrogens (tertiary/aromatic N) is 1. The molecular weight excluding hydrogens is 316 g/mol. The maximum Gasteiger partial charge on any atom is 0.342 e. The average Bonchev–Trinajstić information content (AvgIpc) is 2.54. The van der Waals surface area contributed by atoms with Crippen molar-refractivity contribution >= 4 is 49.1 Å². The van der Waals surface area contributed by atoms with Gasteiger partial charge in [-0.05, 0) is 36.7 Å². The van der Waals surface area contributed by atoms with Crippen LogP contribution in [0.4, 0.5) is 5.69 Å². The predicted octanol–water partition coefficient (Wildman–Crippen LogP) is 3.43. The molecule has 0 aliphatic rings. The van der Waals surface area contributed by atoms with Crippen molar-refractivity contribution in [2.75, 3.05) is 12.3 Å². The molecule has 0 amide bonds. The van der Waals surface area contributed by atoms with E-state index in [-0.39, 0.29) is 0 Å². The molecule has 2 N–H and O–H groups in total. The number of fused-ring (bicyclic) bond motifs is 1. The number of halogens is 1. The van der Waals surface area contributed by atoms with E-state index in [0.29, 0.717) is 23.6 Å². The third kappa shape index (κ3) is 1.99. The number of carbonyl (C=O) groups is 1. The van der Waals surface area contributed by atoms with Gasteiger partial charge >= 0.3 is 5.97 Å². The van der Waals surface area contributed by atoms with Crippen LogP contribution in [0.5, 0.6) is 0 Å². The maximum absolute atomic E-state index is 11.9. The van der Waals surface area contributed by atoms with Gasteiger partial charge in [-0.2, -0.15) is 0 Å². The minimum atomic E-state index is -0.419. The molecule has 2 aromatic heterocycles. The summed E-state index contributed by atoms with van der Waals surface area (Å²) in [6.45, 7) is 5.83. The summed E-state index contributed by atoms with van der Waals surface area (Å²) in [5.41, 5.74) is 7.51. The Hall–Kier alpha value is -1.14. The molecule has 2 heterocycles. The van der Waals surface area contributed by atoms with Gasteiger partial charge in [0.05, 0.1) is 18.0 Å². The highest BCUT2D eigenvalue weighted by Gasteiger charge is 2.21. The van der Waals surface area contributed by atoms with Gasteiger partial charge in [-0.15, -0.1) is 11.3 Å². The van der Waals surface area contributed by atoms with Crippen LogP contribution in [0.1, 0.15) is 27.9 Å². The highest BCUT2D eigenvalue weighted by Crippen LogP contribution is 2.39. The number of hydrogen-bond acceptors (Lipinski definition) is 5. The third-order valence-electron chi connectivity index (χ3n) is 2.64. The predicted molar refractivity (Wildman–Crippen MR) is 77.2 cm³/mol. The number of nitrogens with two attached hydrogens (primary N) is 1. The lowest BCUT2D eigenvalue weighted by molar-refractivity contribution is 0.0526. The first kappa shape index (κ1) is 13.3. The SMILES string of the molecule is CCOC(=O)c1c(C)nc2sc(C)c(Br)c2c1N. The highest BCUT2D eigenvalue weighted by molar-refractivity contribution is 9.10. The monoisotopic (exact) mass is 328 g/mol. The van der Waals surface area contributed by atoms with Gasteiger partial charge in [0.25, 0.3) is 0 Å². The Morgan fingerprint density at radius 2 is 2.17 bits per heavy atom. The summed E-state index contributed by atoms with van der Waals surface area (Å²) in [6, 6.07) is 0. The van der Waals surface area contributed by atoms with Crippen LogP contribution in [-0.4, -0.2) is 17.6 Å². The van der Waals surface area contributed by atoms with E-state index in [1.54, 1.807) is 25.2 Å². The fourth-order valence-corrected chi connectivity index (χ4v) is 3.57. The zero-order valence-corrected chi connectivity index (χ0v) is 12.7. The van der Waals surface area contributed by atoms with Crippen molar-refractivity contribution in [2.45, 2.75) is 20.8 Å². The van der Waals surface area contributed by atoms with Crippen molar-refractivity contribution in [3.8, 4) is 0 Å². The van der Waals surface area contributed by atoms with Crippen molar-refractivity contribution in [1.82, 2.24) is 4.98 Å². The molecule has 0 saturated heterocycles. The highest BCUT2D eigenvalue weighted by atomic mass is 79.9. The topological polar surface area (TPSA) is 65.2 Å². The van der Waals surface area contributed by atoms with Crippen LogP contribution in [0.3, 0.4) is 0 Å². The molecule has 2 rings (SSSR count). The van der Waals surface area contributed by atoms with Gasteiger partial charge in [-0.1, -0.05) is 0 Å². The molecule has 0 unspecified atom stereocenters. The first-order valence-electron chi connectivity index (χ1n) is 5.49. The van der Waals surface area contributed by atoms with Crippen molar-refractivity contribution < 1.29 is 9.53 Å². The van der Waals surface area contributed by atoms with Crippen LogP contribution >= 0.6 is 27.3 Å². The number of hydrogen-bond donors (Lipinski definition) is 1. The summed E-state index contributed by atoms with van der Waals surface area (Å²) in [6.07, 6.45) is 0. The minimum absolute atomic E-state index is 0.319. The van der Waals surface area contributed by atoms with E-state index >= 15 is 0 Å². The number of anilines is 1. The van der Waals surface area contributed by atoms with E-state index in [4.69, 9.17) is 10.5 Å². The number of aromatic nitrogens is 1. The third-order valence-corrected chi connectivity index (χ3v) is 4.89. The standard InChI is InChI=1S/C12H13BrN2O2S/c1-4-17-12(16)7-5(2)15-11-8(10(7)14)9(13)6(3)18-11/h4H2,1-3H3,(H2,14,15). The molecule has 96 valence electrons. The second kappa shape index (κ2) is 4.85. The number of ether oxygens (including phenoxy) is 1. The lowest BCUT2D eigenvalue weighted by Gasteiger charge is -2.09. The molecule has 0 aliphatic carbocycles. The Morgan fingerprint density at radius 3 is 2.78 bits per heavy atom. The largest absolute Gasteiger partial charge is 0.462 e. The normalized spacial score (nSPS) is 10.9. The second-order valence-electron chi connectivity index (χ2n) is 3.86. The summed E-state index contributed by atoms with van der Waals surface area (Å²) >= 11 is 5.04. The van der Waals surface area contributed by atoms with E-state index in [1.807, 2.05) is 6.92 Å². The quantitative estimate of drug-likeness (QED) is 0.857. The molecule has 0 radical (unpaired) electrons. The lowest BCUT2D eigenvalue weighted by Crippen LogP contribution is -2.11. The Kier molecular flexibility index (Phi) is 3.59. The van der Waals surface area contributed by atoms with Gasteiger partial charge in [0.2, 0.25) is 0 Å². The average molecular weight is 329 g/mol. The molecule has 18 heavy (non-hydrogen) atoms. The number of thiophene rings is 1. The van der Waals surface area contributed by atoms with Crippen LogP contribution in [0.15, 0.2) is 4.47 Å². The Bertz CT molecular complexity index is 637. The molecule has 0 spiro atoms. The molecular formula is C12H13BrN2O2S. The van der Waals surface area contributed by atoms with E-state index in [0.717, 1.165) is 19.6 Å². The van der Waals surface area contributed by atoms with E-state index in [1.165, 1.54) is 0 Å². The molecule has 0 saturated carbocycles.